The molecule has 0 spiro atoms. The third kappa shape index (κ3) is 5.18. The molecule has 0 fully saturated rings. The van der Waals surface area contributed by atoms with Gasteiger partial charge in [-0.15, -0.1) is 0 Å². The van der Waals surface area contributed by atoms with E-state index in [-0.39, 0.29) is 6.04 Å². The van der Waals surface area contributed by atoms with E-state index in [1.807, 2.05) is 12.1 Å². The van der Waals surface area contributed by atoms with Crippen molar-refractivity contribution < 1.29 is 9.47 Å². The summed E-state index contributed by atoms with van der Waals surface area (Å²) in [6.45, 7) is 2.49. The van der Waals surface area contributed by atoms with Gasteiger partial charge in [-0.1, -0.05) is 11.6 Å². The van der Waals surface area contributed by atoms with E-state index in [2.05, 4.69) is 37.3 Å². The zero-order chi connectivity index (χ0) is 24.1. The Morgan fingerprint density at radius 1 is 1.15 bits per heavy atom. The zero-order valence-corrected chi connectivity index (χ0v) is 19.8. The van der Waals surface area contributed by atoms with Crippen molar-refractivity contribution in [2.75, 3.05) is 24.8 Å². The van der Waals surface area contributed by atoms with Gasteiger partial charge in [0.05, 0.1) is 19.9 Å². The fourth-order valence-corrected chi connectivity index (χ4v) is 3.58. The van der Waals surface area contributed by atoms with Gasteiger partial charge < -0.3 is 20.5 Å². The molecule has 4 aromatic heterocycles. The van der Waals surface area contributed by atoms with Gasteiger partial charge in [0, 0.05) is 49.4 Å². The topological polar surface area (TPSA) is 126 Å². The number of aryl methyl sites for hydroxylation is 1. The molecule has 10 nitrogen and oxygen atoms in total. The Morgan fingerprint density at radius 2 is 2.00 bits per heavy atom. The van der Waals surface area contributed by atoms with Crippen LogP contribution in [0.15, 0.2) is 49.1 Å². The summed E-state index contributed by atoms with van der Waals surface area (Å²) in [6, 6.07) is 7.13. The normalized spacial score (nSPS) is 11.8. The number of rotatable bonds is 9. The second-order valence-electron chi connectivity index (χ2n) is 7.58. The highest BCUT2D eigenvalue weighted by Gasteiger charge is 2.17. The SMILES string of the molecule is COc1cccnc1-c1cnc(Cl)cc1N[C@@H](C)CCOc1c(-c2nccc(N)n2)cnn1C. The first-order valence-corrected chi connectivity index (χ1v) is 11.0. The Hall–Kier alpha value is -3.92. The Morgan fingerprint density at radius 3 is 2.79 bits per heavy atom. The lowest BCUT2D eigenvalue weighted by molar-refractivity contribution is 0.280. The Labute approximate surface area is 202 Å². The zero-order valence-electron chi connectivity index (χ0n) is 19.1. The quantitative estimate of drug-likeness (QED) is 0.343. The number of halogens is 1. The van der Waals surface area contributed by atoms with Crippen LogP contribution in [0.5, 0.6) is 11.6 Å². The number of anilines is 2. The second kappa shape index (κ2) is 10.3. The Balaban J connectivity index is 1.46. The molecule has 176 valence electrons. The van der Waals surface area contributed by atoms with Crippen molar-refractivity contribution in [2.45, 2.75) is 19.4 Å². The van der Waals surface area contributed by atoms with Gasteiger partial charge in [-0.25, -0.2) is 19.6 Å². The van der Waals surface area contributed by atoms with Crippen LogP contribution in [0.25, 0.3) is 22.6 Å². The minimum Gasteiger partial charge on any atom is -0.494 e. The van der Waals surface area contributed by atoms with Gasteiger partial charge in [-0.2, -0.15) is 5.10 Å². The van der Waals surface area contributed by atoms with Crippen LogP contribution in [-0.4, -0.2) is 49.5 Å². The maximum absolute atomic E-state index is 6.18. The average Bonchev–Trinajstić information content (AvgIpc) is 3.19. The molecule has 0 unspecified atom stereocenters. The van der Waals surface area contributed by atoms with Crippen molar-refractivity contribution in [3.05, 3.63) is 54.2 Å². The van der Waals surface area contributed by atoms with Crippen LogP contribution >= 0.6 is 11.6 Å². The van der Waals surface area contributed by atoms with Crippen molar-refractivity contribution in [1.82, 2.24) is 29.7 Å². The van der Waals surface area contributed by atoms with E-state index in [4.69, 9.17) is 26.8 Å². The molecule has 11 heteroatoms. The van der Waals surface area contributed by atoms with Crippen molar-refractivity contribution in [3.8, 4) is 34.3 Å². The van der Waals surface area contributed by atoms with Gasteiger partial charge in [0.25, 0.3) is 0 Å². The number of methoxy groups -OCH3 is 1. The van der Waals surface area contributed by atoms with Gasteiger partial charge in [-0.05, 0) is 31.2 Å². The molecule has 0 saturated carbocycles. The van der Waals surface area contributed by atoms with E-state index < -0.39 is 0 Å². The summed E-state index contributed by atoms with van der Waals surface area (Å²) in [6.07, 6.45) is 7.36. The summed E-state index contributed by atoms with van der Waals surface area (Å²) >= 11 is 6.18. The number of nitrogens with one attached hydrogen (secondary N) is 1. The summed E-state index contributed by atoms with van der Waals surface area (Å²) in [5, 5.41) is 8.14. The third-order valence-electron chi connectivity index (χ3n) is 5.11. The molecule has 0 amide bonds. The van der Waals surface area contributed by atoms with E-state index in [1.54, 1.807) is 55.8 Å². The molecular formula is C23H25ClN8O2. The molecule has 3 N–H and O–H groups in total. The first-order valence-electron chi connectivity index (χ1n) is 10.6. The summed E-state index contributed by atoms with van der Waals surface area (Å²) in [5.41, 5.74) is 8.76. The second-order valence-corrected chi connectivity index (χ2v) is 7.97. The number of hydrogen-bond donors (Lipinski definition) is 2. The first kappa shape index (κ1) is 23.2. The number of aromatic nitrogens is 6. The van der Waals surface area contributed by atoms with E-state index in [0.717, 1.165) is 11.3 Å². The van der Waals surface area contributed by atoms with E-state index in [1.165, 1.54) is 0 Å². The predicted octanol–water partition coefficient (Wildman–Crippen LogP) is 3.85. The molecule has 4 rings (SSSR count). The Bertz CT molecular complexity index is 1280. The van der Waals surface area contributed by atoms with Crippen LogP contribution in [0.2, 0.25) is 5.15 Å². The van der Waals surface area contributed by atoms with Crippen LogP contribution in [0.4, 0.5) is 11.5 Å². The molecule has 4 heterocycles. The molecule has 0 aliphatic rings. The van der Waals surface area contributed by atoms with Crippen LogP contribution in [0.1, 0.15) is 13.3 Å². The number of nitrogens with zero attached hydrogens (tertiary/aromatic N) is 6. The van der Waals surface area contributed by atoms with Gasteiger partial charge in [0.15, 0.2) is 5.82 Å². The molecule has 0 aliphatic heterocycles. The van der Waals surface area contributed by atoms with E-state index in [0.29, 0.717) is 52.7 Å². The molecule has 0 saturated heterocycles. The lowest BCUT2D eigenvalue weighted by Gasteiger charge is -2.19. The highest BCUT2D eigenvalue weighted by Crippen LogP contribution is 2.34. The number of hydrogen-bond acceptors (Lipinski definition) is 9. The van der Waals surface area contributed by atoms with Crippen LogP contribution in [0.3, 0.4) is 0 Å². The summed E-state index contributed by atoms with van der Waals surface area (Å²) in [7, 11) is 3.41. The van der Waals surface area contributed by atoms with Gasteiger partial charge in [-0.3, -0.25) is 4.98 Å². The van der Waals surface area contributed by atoms with Crippen molar-refractivity contribution >= 4 is 23.1 Å². The van der Waals surface area contributed by atoms with Crippen molar-refractivity contribution in [2.24, 2.45) is 7.05 Å². The maximum atomic E-state index is 6.18. The molecule has 0 aromatic carbocycles. The summed E-state index contributed by atoms with van der Waals surface area (Å²) in [4.78, 5) is 17.2. The highest BCUT2D eigenvalue weighted by atomic mass is 35.5. The molecule has 4 aromatic rings. The monoisotopic (exact) mass is 480 g/mol. The number of nitrogens with two attached hydrogens (primary N) is 1. The van der Waals surface area contributed by atoms with E-state index in [9.17, 15) is 0 Å². The molecular weight excluding hydrogens is 456 g/mol. The highest BCUT2D eigenvalue weighted by molar-refractivity contribution is 6.29. The smallest absolute Gasteiger partial charge is 0.222 e. The fourth-order valence-electron chi connectivity index (χ4n) is 3.42. The fraction of sp³-hybridized carbons (Fsp3) is 0.261. The van der Waals surface area contributed by atoms with E-state index >= 15 is 0 Å². The first-order chi connectivity index (χ1) is 16.5. The lowest BCUT2D eigenvalue weighted by Crippen LogP contribution is -2.19. The molecule has 34 heavy (non-hydrogen) atoms. The van der Waals surface area contributed by atoms with Gasteiger partial charge >= 0.3 is 0 Å². The largest absolute Gasteiger partial charge is 0.494 e. The van der Waals surface area contributed by atoms with Gasteiger partial charge in [0.2, 0.25) is 5.88 Å². The number of ether oxygens (including phenoxy) is 2. The molecule has 0 bridgehead atoms. The van der Waals surface area contributed by atoms with Crippen molar-refractivity contribution in [1.29, 1.82) is 0 Å². The van der Waals surface area contributed by atoms with Crippen molar-refractivity contribution in [3.63, 3.8) is 0 Å². The summed E-state index contributed by atoms with van der Waals surface area (Å²) in [5.74, 6) is 2.07. The number of pyridine rings is 2. The molecule has 0 radical (unpaired) electrons. The molecule has 0 aliphatic carbocycles. The lowest BCUT2D eigenvalue weighted by atomic mass is 10.1. The minimum absolute atomic E-state index is 0.0484. The van der Waals surface area contributed by atoms with Crippen LogP contribution in [-0.2, 0) is 7.05 Å². The average molecular weight is 481 g/mol. The maximum Gasteiger partial charge on any atom is 0.222 e. The predicted molar refractivity (Wildman–Crippen MR) is 131 cm³/mol. The van der Waals surface area contributed by atoms with Crippen LogP contribution < -0.4 is 20.5 Å². The van der Waals surface area contributed by atoms with Gasteiger partial charge in [0.1, 0.15) is 28.0 Å². The Kier molecular flexibility index (Phi) is 7.07. The molecule has 1 atom stereocenters. The standard InChI is InChI=1S/C23H25ClN8O2/c1-14(7-10-34-23-16(13-29-32(23)2)22-27-9-6-20(25)31-22)30-17-11-19(24)28-12-15(17)21-18(33-3)5-4-8-26-21/h4-6,8-9,11-14H,7,10H2,1-3H3,(H,28,30)(H2,25,27,31)/t14-/m0/s1. The third-order valence-corrected chi connectivity index (χ3v) is 5.32. The number of nitrogen functional groups attached to an aromatic ring is 1. The summed E-state index contributed by atoms with van der Waals surface area (Å²) < 4.78 is 13.2. The minimum atomic E-state index is 0.0484. The van der Waals surface area contributed by atoms with Crippen LogP contribution in [0, 0.1) is 0 Å².